The van der Waals surface area contributed by atoms with Gasteiger partial charge in [0.05, 0.1) is 5.41 Å². The lowest BCUT2D eigenvalue weighted by Gasteiger charge is -2.54. The second-order valence-corrected chi connectivity index (χ2v) is 9.11. The first-order valence-corrected chi connectivity index (χ1v) is 8.46. The summed E-state index contributed by atoms with van der Waals surface area (Å²) in [7, 11) is 0. The van der Waals surface area contributed by atoms with Crippen LogP contribution in [0.4, 0.5) is 0 Å². The Hall–Kier alpha value is -0.530. The van der Waals surface area contributed by atoms with Gasteiger partial charge in [-0.05, 0) is 72.5 Å². The van der Waals surface area contributed by atoms with E-state index in [1.165, 1.54) is 12.8 Å². The SMILES string of the molecule is CC1C(C)C2CC1C1C2C2CC1C(C)(C)C2(C)C(=O)O. The van der Waals surface area contributed by atoms with Crippen LogP contribution < -0.4 is 0 Å². The highest BCUT2D eigenvalue weighted by Gasteiger charge is 2.76. The molecule has 4 aliphatic rings. The van der Waals surface area contributed by atoms with Crippen LogP contribution in [0, 0.1) is 58.2 Å². The third kappa shape index (κ3) is 1.07. The topological polar surface area (TPSA) is 37.3 Å². The monoisotopic (exact) mass is 276 g/mol. The Balaban J connectivity index is 1.80. The van der Waals surface area contributed by atoms with Gasteiger partial charge < -0.3 is 5.11 Å². The molecule has 4 rings (SSSR count). The van der Waals surface area contributed by atoms with Gasteiger partial charge in [0, 0.05) is 0 Å². The van der Waals surface area contributed by atoms with Crippen LogP contribution in [-0.4, -0.2) is 11.1 Å². The van der Waals surface area contributed by atoms with Crippen molar-refractivity contribution in [1.82, 2.24) is 0 Å². The van der Waals surface area contributed by atoms with Crippen molar-refractivity contribution in [3.05, 3.63) is 0 Å². The fourth-order valence-electron chi connectivity index (χ4n) is 7.52. The van der Waals surface area contributed by atoms with E-state index in [0.29, 0.717) is 17.8 Å². The van der Waals surface area contributed by atoms with Crippen LogP contribution in [0.25, 0.3) is 0 Å². The van der Waals surface area contributed by atoms with Crippen molar-refractivity contribution in [2.24, 2.45) is 58.2 Å². The van der Waals surface area contributed by atoms with Crippen molar-refractivity contribution in [2.75, 3.05) is 0 Å². The fraction of sp³-hybridized carbons (Fsp3) is 0.944. The summed E-state index contributed by atoms with van der Waals surface area (Å²) in [6.45, 7) is 11.4. The number of hydrogen-bond acceptors (Lipinski definition) is 1. The number of aliphatic carboxylic acids is 1. The molecule has 2 heteroatoms. The van der Waals surface area contributed by atoms with Crippen molar-refractivity contribution >= 4 is 5.97 Å². The Bertz CT molecular complexity index is 482. The van der Waals surface area contributed by atoms with Gasteiger partial charge in [-0.2, -0.15) is 0 Å². The summed E-state index contributed by atoms with van der Waals surface area (Å²) in [4.78, 5) is 12.1. The smallest absolute Gasteiger partial charge is 0.310 e. The molecule has 4 saturated carbocycles. The summed E-state index contributed by atoms with van der Waals surface area (Å²) in [5.41, 5.74) is -0.551. The number of carboxylic acids is 1. The molecule has 4 aliphatic carbocycles. The summed E-state index contributed by atoms with van der Waals surface area (Å²) in [5.74, 6) is 5.42. The van der Waals surface area contributed by atoms with E-state index in [4.69, 9.17) is 0 Å². The highest BCUT2D eigenvalue weighted by atomic mass is 16.4. The first-order chi connectivity index (χ1) is 9.23. The molecule has 0 radical (unpaired) electrons. The molecule has 0 aliphatic heterocycles. The van der Waals surface area contributed by atoms with Crippen molar-refractivity contribution in [2.45, 2.75) is 47.5 Å². The summed E-state index contributed by atoms with van der Waals surface area (Å²) in [5, 5.41) is 9.94. The number of fused-ring (bicyclic) bond motifs is 9. The molecular formula is C18H28O2. The normalized spacial score (nSPS) is 61.9. The van der Waals surface area contributed by atoms with Gasteiger partial charge in [0.1, 0.15) is 0 Å². The van der Waals surface area contributed by atoms with E-state index in [1.807, 2.05) is 0 Å². The van der Waals surface area contributed by atoms with Crippen LogP contribution in [0.2, 0.25) is 0 Å². The number of carbonyl (C=O) groups is 1. The summed E-state index contributed by atoms with van der Waals surface area (Å²) < 4.78 is 0. The second kappa shape index (κ2) is 3.44. The molecule has 112 valence electrons. The first kappa shape index (κ1) is 13.2. The Morgan fingerprint density at radius 2 is 1.45 bits per heavy atom. The van der Waals surface area contributed by atoms with Crippen molar-refractivity contribution < 1.29 is 9.90 Å². The third-order valence-corrected chi connectivity index (χ3v) is 9.05. The predicted octanol–water partition coefficient (Wildman–Crippen LogP) is 3.91. The molecule has 20 heavy (non-hydrogen) atoms. The standard InChI is InChI=1S/C18H28O2/c1-8-9(2)11-6-10(8)14-12-7-13(15(11)14)18(5,16(19)20)17(12,3)4/h8-15H,6-7H2,1-5H3,(H,19,20). The van der Waals surface area contributed by atoms with E-state index in [-0.39, 0.29) is 5.41 Å². The molecule has 0 aromatic rings. The second-order valence-electron chi connectivity index (χ2n) is 9.11. The lowest BCUT2D eigenvalue weighted by molar-refractivity contribution is -0.169. The highest BCUT2D eigenvalue weighted by molar-refractivity contribution is 5.77. The predicted molar refractivity (Wildman–Crippen MR) is 78.0 cm³/mol. The molecule has 9 atom stereocenters. The molecule has 2 nitrogen and oxygen atoms in total. The Kier molecular flexibility index (Phi) is 2.26. The Morgan fingerprint density at radius 1 is 0.950 bits per heavy atom. The highest BCUT2D eigenvalue weighted by Crippen LogP contribution is 2.78. The zero-order chi connectivity index (χ0) is 14.6. The minimum Gasteiger partial charge on any atom is -0.481 e. The number of carboxylic acid groups (broad SMARTS) is 1. The van der Waals surface area contributed by atoms with Crippen LogP contribution in [0.3, 0.4) is 0 Å². The molecular weight excluding hydrogens is 248 g/mol. The van der Waals surface area contributed by atoms with Gasteiger partial charge in [0.2, 0.25) is 0 Å². The Morgan fingerprint density at radius 3 is 1.95 bits per heavy atom. The van der Waals surface area contributed by atoms with Crippen LogP contribution in [0.5, 0.6) is 0 Å². The van der Waals surface area contributed by atoms with Gasteiger partial charge in [-0.3, -0.25) is 4.79 Å². The molecule has 4 fully saturated rings. The van der Waals surface area contributed by atoms with Gasteiger partial charge in [-0.1, -0.05) is 27.7 Å². The molecule has 9 unspecified atom stereocenters. The van der Waals surface area contributed by atoms with E-state index < -0.39 is 11.4 Å². The van der Waals surface area contributed by atoms with E-state index in [9.17, 15) is 9.90 Å². The quantitative estimate of drug-likeness (QED) is 0.737. The summed E-state index contributed by atoms with van der Waals surface area (Å²) in [6, 6.07) is 0. The third-order valence-electron chi connectivity index (χ3n) is 9.05. The molecule has 1 N–H and O–H groups in total. The van der Waals surface area contributed by atoms with Gasteiger partial charge >= 0.3 is 5.97 Å². The van der Waals surface area contributed by atoms with E-state index in [2.05, 4.69) is 34.6 Å². The summed E-state index contributed by atoms with van der Waals surface area (Å²) >= 11 is 0. The lowest BCUT2D eigenvalue weighted by Crippen LogP contribution is -2.54. The Labute approximate surface area is 122 Å². The largest absolute Gasteiger partial charge is 0.481 e. The molecule has 0 spiro atoms. The maximum absolute atomic E-state index is 12.1. The number of hydrogen-bond donors (Lipinski definition) is 1. The van der Waals surface area contributed by atoms with Crippen LogP contribution >= 0.6 is 0 Å². The van der Waals surface area contributed by atoms with Gasteiger partial charge in [-0.25, -0.2) is 0 Å². The molecule has 0 aromatic heterocycles. The molecule has 4 bridgehead atoms. The zero-order valence-corrected chi connectivity index (χ0v) is 13.4. The fourth-order valence-corrected chi connectivity index (χ4v) is 7.52. The minimum absolute atomic E-state index is 0.0435. The maximum atomic E-state index is 12.1. The lowest BCUT2D eigenvalue weighted by atomic mass is 9.49. The average molecular weight is 276 g/mol. The van der Waals surface area contributed by atoms with E-state index in [0.717, 1.165) is 29.6 Å². The van der Waals surface area contributed by atoms with Crippen LogP contribution in [0.1, 0.15) is 47.5 Å². The van der Waals surface area contributed by atoms with Crippen LogP contribution in [0.15, 0.2) is 0 Å². The van der Waals surface area contributed by atoms with Crippen LogP contribution in [-0.2, 0) is 4.79 Å². The maximum Gasteiger partial charge on any atom is 0.310 e. The molecule has 0 saturated heterocycles. The molecule has 0 aromatic carbocycles. The van der Waals surface area contributed by atoms with Gasteiger partial charge in [0.15, 0.2) is 0 Å². The van der Waals surface area contributed by atoms with Crippen molar-refractivity contribution in [1.29, 1.82) is 0 Å². The van der Waals surface area contributed by atoms with E-state index >= 15 is 0 Å². The van der Waals surface area contributed by atoms with Crippen molar-refractivity contribution in [3.8, 4) is 0 Å². The number of rotatable bonds is 1. The zero-order valence-electron chi connectivity index (χ0n) is 13.4. The minimum atomic E-state index is -0.545. The van der Waals surface area contributed by atoms with E-state index in [1.54, 1.807) is 0 Å². The first-order valence-electron chi connectivity index (χ1n) is 8.46. The average Bonchev–Trinajstić information content (AvgIpc) is 3.02. The molecule has 0 amide bonds. The summed E-state index contributed by atoms with van der Waals surface area (Å²) in [6.07, 6.45) is 2.56. The van der Waals surface area contributed by atoms with Crippen molar-refractivity contribution in [3.63, 3.8) is 0 Å². The van der Waals surface area contributed by atoms with Gasteiger partial charge in [0.25, 0.3) is 0 Å². The van der Waals surface area contributed by atoms with Gasteiger partial charge in [-0.15, -0.1) is 0 Å². The molecule has 0 heterocycles.